The molecule has 1 saturated carbocycles. The highest BCUT2D eigenvalue weighted by Gasteiger charge is 2.53. The zero-order valence-electron chi connectivity index (χ0n) is 21.4. The fourth-order valence-corrected chi connectivity index (χ4v) is 5.00. The van der Waals surface area contributed by atoms with E-state index in [1.807, 2.05) is 24.3 Å². The molecule has 2 heterocycles. The summed E-state index contributed by atoms with van der Waals surface area (Å²) >= 11 is 0. The van der Waals surface area contributed by atoms with Gasteiger partial charge < -0.3 is 24.8 Å². The maximum atomic E-state index is 13.7. The minimum atomic E-state index is -1.16. The highest BCUT2D eigenvalue weighted by molar-refractivity contribution is 6.07. The average molecular weight is 520 g/mol. The van der Waals surface area contributed by atoms with Crippen LogP contribution in [0.1, 0.15) is 51.9 Å². The van der Waals surface area contributed by atoms with Crippen molar-refractivity contribution in [2.24, 2.45) is 0 Å². The third kappa shape index (κ3) is 4.85. The first-order chi connectivity index (χ1) is 18.3. The number of rotatable bonds is 9. The molecule has 3 amide bonds. The summed E-state index contributed by atoms with van der Waals surface area (Å²) in [4.78, 5) is 46.1. The van der Waals surface area contributed by atoms with E-state index in [-0.39, 0.29) is 48.2 Å². The maximum absolute atomic E-state index is 13.7. The van der Waals surface area contributed by atoms with Crippen molar-refractivity contribution in [2.45, 2.75) is 50.9 Å². The number of hydrogen-bond acceptors (Lipinski definition) is 5. The Kier molecular flexibility index (Phi) is 6.88. The maximum Gasteiger partial charge on any atom is 0.274 e. The molecule has 0 radical (unpaired) electrons. The third-order valence-electron chi connectivity index (χ3n) is 7.12. The van der Waals surface area contributed by atoms with Crippen molar-refractivity contribution >= 4 is 17.7 Å². The molecule has 1 atom stereocenters. The minimum Gasteiger partial charge on any atom is -0.496 e. The summed E-state index contributed by atoms with van der Waals surface area (Å²) in [5.74, 6) is -0.748. The SMILES string of the molecule is COc1ccccc1CCNC(=O)c1ncn2c1C(=O)N(C1CC1)[C@@](C)(C(=O)NCc1ccc(F)cc1)C2. The zero-order chi connectivity index (χ0) is 26.9. The van der Waals surface area contributed by atoms with E-state index in [1.165, 1.54) is 18.5 Å². The second-order valence-electron chi connectivity index (χ2n) is 9.88. The van der Waals surface area contributed by atoms with Crippen molar-refractivity contribution in [3.05, 3.63) is 83.2 Å². The van der Waals surface area contributed by atoms with E-state index in [0.717, 1.165) is 29.7 Å². The lowest BCUT2D eigenvalue weighted by atomic mass is 9.93. The van der Waals surface area contributed by atoms with Crippen LogP contribution in [0.3, 0.4) is 0 Å². The Labute approximate surface area is 220 Å². The molecule has 10 heteroatoms. The van der Waals surface area contributed by atoms with Crippen molar-refractivity contribution < 1.29 is 23.5 Å². The number of fused-ring (bicyclic) bond motifs is 1. The quantitative estimate of drug-likeness (QED) is 0.452. The van der Waals surface area contributed by atoms with Crippen LogP contribution < -0.4 is 15.4 Å². The molecule has 9 nitrogen and oxygen atoms in total. The van der Waals surface area contributed by atoms with Crippen molar-refractivity contribution in [2.75, 3.05) is 13.7 Å². The van der Waals surface area contributed by atoms with E-state index < -0.39 is 11.4 Å². The van der Waals surface area contributed by atoms with Gasteiger partial charge in [-0.15, -0.1) is 0 Å². The molecule has 198 valence electrons. The summed E-state index contributed by atoms with van der Waals surface area (Å²) in [7, 11) is 1.60. The van der Waals surface area contributed by atoms with Gasteiger partial charge in [-0.3, -0.25) is 14.4 Å². The Balaban J connectivity index is 1.31. The molecule has 0 bridgehead atoms. The van der Waals surface area contributed by atoms with Crippen LogP contribution in [0.25, 0.3) is 0 Å². The standard InChI is InChI=1S/C28H30FN5O4/c1-28(27(37)31-15-18-7-9-20(29)10-8-18)16-33-17-32-23(24(33)26(36)34(28)21-11-12-21)25(35)30-14-13-19-5-3-4-6-22(19)38-2/h3-10,17,21H,11-16H2,1-2H3,(H,30,35)(H,31,37)/t28-/m1/s1. The van der Waals surface area contributed by atoms with Crippen LogP contribution in [0.2, 0.25) is 0 Å². The molecule has 1 fully saturated rings. The second-order valence-corrected chi connectivity index (χ2v) is 9.88. The van der Waals surface area contributed by atoms with E-state index in [0.29, 0.717) is 13.0 Å². The molecule has 0 saturated heterocycles. The Morgan fingerprint density at radius 3 is 2.58 bits per heavy atom. The van der Waals surface area contributed by atoms with Crippen LogP contribution in [-0.4, -0.2) is 57.4 Å². The monoisotopic (exact) mass is 519 g/mol. The van der Waals surface area contributed by atoms with E-state index >= 15 is 0 Å². The average Bonchev–Trinajstić information content (AvgIpc) is 3.65. The van der Waals surface area contributed by atoms with Crippen LogP contribution in [-0.2, 0) is 24.3 Å². The van der Waals surface area contributed by atoms with Crippen LogP contribution in [0.5, 0.6) is 5.75 Å². The Bertz CT molecular complexity index is 1370. The number of imidazole rings is 1. The molecule has 2 aliphatic rings. The predicted molar refractivity (Wildman–Crippen MR) is 137 cm³/mol. The lowest BCUT2D eigenvalue weighted by Crippen LogP contribution is -2.64. The molecule has 0 unspecified atom stereocenters. The molecule has 1 aliphatic carbocycles. The number of nitrogens with zero attached hydrogens (tertiary/aromatic N) is 3. The number of hydrogen-bond donors (Lipinski definition) is 2. The molecular weight excluding hydrogens is 489 g/mol. The van der Waals surface area contributed by atoms with E-state index in [2.05, 4.69) is 15.6 Å². The first-order valence-electron chi connectivity index (χ1n) is 12.6. The number of aromatic nitrogens is 2. The molecule has 2 aromatic carbocycles. The van der Waals surface area contributed by atoms with Gasteiger partial charge in [0.2, 0.25) is 5.91 Å². The van der Waals surface area contributed by atoms with Gasteiger partial charge in [0, 0.05) is 19.1 Å². The van der Waals surface area contributed by atoms with Gasteiger partial charge in [0.1, 0.15) is 22.8 Å². The smallest absolute Gasteiger partial charge is 0.274 e. The summed E-state index contributed by atoms with van der Waals surface area (Å²) in [6, 6.07) is 13.4. The number of carbonyl (C=O) groups excluding carboxylic acids is 3. The minimum absolute atomic E-state index is 0.0504. The van der Waals surface area contributed by atoms with Crippen molar-refractivity contribution in [3.8, 4) is 5.75 Å². The first-order valence-corrected chi connectivity index (χ1v) is 12.6. The number of nitrogens with one attached hydrogen (secondary N) is 2. The van der Waals surface area contributed by atoms with E-state index in [1.54, 1.807) is 35.6 Å². The van der Waals surface area contributed by atoms with Gasteiger partial charge in [-0.1, -0.05) is 30.3 Å². The summed E-state index contributed by atoms with van der Waals surface area (Å²) in [6.07, 6.45) is 3.58. The lowest BCUT2D eigenvalue weighted by Gasteiger charge is -2.44. The van der Waals surface area contributed by atoms with Crippen LogP contribution in [0, 0.1) is 5.82 Å². The molecule has 2 N–H and O–H groups in total. The van der Waals surface area contributed by atoms with Gasteiger partial charge in [0.25, 0.3) is 11.8 Å². The molecule has 1 aromatic heterocycles. The Morgan fingerprint density at radius 2 is 1.87 bits per heavy atom. The first kappa shape index (κ1) is 25.4. The zero-order valence-corrected chi connectivity index (χ0v) is 21.4. The molecule has 0 spiro atoms. The highest BCUT2D eigenvalue weighted by atomic mass is 19.1. The van der Waals surface area contributed by atoms with Crippen molar-refractivity contribution in [1.82, 2.24) is 25.1 Å². The van der Waals surface area contributed by atoms with Gasteiger partial charge in [-0.25, -0.2) is 9.37 Å². The van der Waals surface area contributed by atoms with Gasteiger partial charge >= 0.3 is 0 Å². The van der Waals surface area contributed by atoms with Gasteiger partial charge in [-0.2, -0.15) is 0 Å². The Hall–Kier alpha value is -4.21. The van der Waals surface area contributed by atoms with Crippen molar-refractivity contribution in [3.63, 3.8) is 0 Å². The number of amides is 3. The lowest BCUT2D eigenvalue weighted by molar-refractivity contribution is -0.133. The van der Waals surface area contributed by atoms with E-state index in [9.17, 15) is 18.8 Å². The molecule has 3 aromatic rings. The summed E-state index contributed by atoms with van der Waals surface area (Å²) in [6.45, 7) is 2.45. The summed E-state index contributed by atoms with van der Waals surface area (Å²) in [5.41, 5.74) is 0.785. The number of methoxy groups -OCH3 is 1. The number of ether oxygens (including phenoxy) is 1. The fourth-order valence-electron chi connectivity index (χ4n) is 5.00. The van der Waals surface area contributed by atoms with Crippen LogP contribution in [0.15, 0.2) is 54.9 Å². The van der Waals surface area contributed by atoms with Crippen LogP contribution in [0.4, 0.5) is 4.39 Å². The predicted octanol–water partition coefficient (Wildman–Crippen LogP) is 2.70. The van der Waals surface area contributed by atoms with Gasteiger partial charge in [0.05, 0.1) is 20.0 Å². The highest BCUT2D eigenvalue weighted by Crippen LogP contribution is 2.38. The molecule has 38 heavy (non-hydrogen) atoms. The van der Waals surface area contributed by atoms with E-state index in [4.69, 9.17) is 4.74 Å². The normalized spacial score (nSPS) is 18.6. The summed E-state index contributed by atoms with van der Waals surface area (Å²) in [5, 5.41) is 5.75. The second kappa shape index (κ2) is 10.3. The third-order valence-corrected chi connectivity index (χ3v) is 7.12. The number of halogens is 1. The van der Waals surface area contributed by atoms with Crippen molar-refractivity contribution in [1.29, 1.82) is 0 Å². The Morgan fingerprint density at radius 1 is 1.13 bits per heavy atom. The number of benzene rings is 2. The molecular formula is C28H30FN5O4. The number of carbonyl (C=O) groups is 3. The molecule has 5 rings (SSSR count). The molecule has 1 aliphatic heterocycles. The fraction of sp³-hybridized carbons (Fsp3) is 0.357. The topological polar surface area (TPSA) is 106 Å². The number of para-hydroxylation sites is 1. The van der Waals surface area contributed by atoms with Gasteiger partial charge in [-0.05, 0) is 55.5 Å². The van der Waals surface area contributed by atoms with Crippen LogP contribution >= 0.6 is 0 Å². The van der Waals surface area contributed by atoms with Gasteiger partial charge in [0.15, 0.2) is 5.69 Å². The summed E-state index contributed by atoms with van der Waals surface area (Å²) < 4.78 is 20.2. The largest absolute Gasteiger partial charge is 0.496 e.